The molecule has 3 rings (SSSR count). The van der Waals surface area contributed by atoms with Gasteiger partial charge in [0.05, 0.1) is 17.1 Å². The van der Waals surface area contributed by atoms with Gasteiger partial charge in [-0.15, -0.1) is 16.4 Å². The molecule has 0 spiro atoms. The van der Waals surface area contributed by atoms with E-state index in [1.807, 2.05) is 11.4 Å². The van der Waals surface area contributed by atoms with E-state index in [1.54, 1.807) is 6.07 Å². The maximum Gasteiger partial charge on any atom is 0.437 e. The van der Waals surface area contributed by atoms with E-state index in [4.69, 9.17) is 16.0 Å². The molecule has 6 nitrogen and oxygen atoms in total. The summed E-state index contributed by atoms with van der Waals surface area (Å²) in [5.41, 5.74) is 0.0242. The Morgan fingerprint density at radius 3 is 2.96 bits per heavy atom. The quantitative estimate of drug-likeness (QED) is 0.749. The number of aryl methyl sites for hydroxylation is 1. The van der Waals surface area contributed by atoms with E-state index in [0.29, 0.717) is 0 Å². The van der Waals surface area contributed by atoms with Gasteiger partial charge in [0.25, 0.3) is 5.89 Å². The minimum Gasteiger partial charge on any atom is -0.387 e. The molecular weight excluding hydrogens is 357 g/mol. The Morgan fingerprint density at radius 1 is 1.42 bits per heavy atom. The number of benzene rings is 1. The zero-order valence-corrected chi connectivity index (χ0v) is 13.7. The molecule has 24 heavy (non-hydrogen) atoms. The van der Waals surface area contributed by atoms with Crippen molar-refractivity contribution in [2.75, 3.05) is 5.32 Å². The van der Waals surface area contributed by atoms with Crippen LogP contribution in [0.4, 0.5) is 10.1 Å². The molecule has 0 saturated carbocycles. The molecular formula is C15H11ClFN3O3S. The van der Waals surface area contributed by atoms with Gasteiger partial charge in [0.1, 0.15) is 5.82 Å². The molecule has 2 aromatic heterocycles. The van der Waals surface area contributed by atoms with Gasteiger partial charge in [0, 0.05) is 11.4 Å². The first-order valence-electron chi connectivity index (χ1n) is 6.89. The van der Waals surface area contributed by atoms with Crippen molar-refractivity contribution in [3.8, 4) is 10.8 Å². The van der Waals surface area contributed by atoms with Crippen LogP contribution in [0.15, 0.2) is 44.9 Å². The lowest BCUT2D eigenvalue weighted by Gasteiger charge is -2.06. The Bertz CT molecular complexity index is 920. The van der Waals surface area contributed by atoms with Crippen LogP contribution in [0.5, 0.6) is 0 Å². The van der Waals surface area contributed by atoms with Gasteiger partial charge in [-0.3, -0.25) is 4.79 Å². The summed E-state index contributed by atoms with van der Waals surface area (Å²) in [6, 6.07) is 7.53. The summed E-state index contributed by atoms with van der Waals surface area (Å²) in [4.78, 5) is 24.3. The number of nitrogens with one attached hydrogen (secondary N) is 1. The lowest BCUT2D eigenvalue weighted by Crippen LogP contribution is -2.21. The number of carbonyl (C=O) groups excluding carboxylic acids is 1. The standard InChI is InChI=1S/C15H11ClFN3O3S/c16-9-3-4-11(10(17)8-9)18-13(21)5-6-20-15(22)23-14(19-20)12-2-1-7-24-12/h1-4,7-8H,5-6H2,(H,18,21). The molecule has 0 aliphatic heterocycles. The van der Waals surface area contributed by atoms with Crippen molar-refractivity contribution in [2.45, 2.75) is 13.0 Å². The van der Waals surface area contributed by atoms with E-state index in [0.717, 1.165) is 15.6 Å². The van der Waals surface area contributed by atoms with Gasteiger partial charge in [-0.25, -0.2) is 9.18 Å². The Balaban J connectivity index is 1.63. The summed E-state index contributed by atoms with van der Waals surface area (Å²) in [5.74, 6) is -1.53. The Hall–Kier alpha value is -2.45. The number of thiophene rings is 1. The monoisotopic (exact) mass is 367 g/mol. The molecule has 1 amide bonds. The average molecular weight is 368 g/mol. The second kappa shape index (κ2) is 6.98. The molecule has 0 aliphatic rings. The molecule has 0 fully saturated rings. The van der Waals surface area contributed by atoms with Crippen LogP contribution in [0, 0.1) is 5.82 Å². The Morgan fingerprint density at radius 2 is 2.25 bits per heavy atom. The number of amides is 1. The van der Waals surface area contributed by atoms with Gasteiger partial charge in [-0.2, -0.15) is 4.68 Å². The van der Waals surface area contributed by atoms with Gasteiger partial charge in [-0.05, 0) is 29.6 Å². The predicted molar refractivity (Wildman–Crippen MR) is 88.7 cm³/mol. The molecule has 9 heteroatoms. The molecule has 0 radical (unpaired) electrons. The molecule has 0 bridgehead atoms. The van der Waals surface area contributed by atoms with Crippen molar-refractivity contribution in [3.63, 3.8) is 0 Å². The Kier molecular flexibility index (Phi) is 4.77. The highest BCUT2D eigenvalue weighted by atomic mass is 35.5. The number of nitrogens with zero attached hydrogens (tertiary/aromatic N) is 2. The average Bonchev–Trinajstić information content (AvgIpc) is 3.17. The maximum absolute atomic E-state index is 13.6. The molecule has 0 atom stereocenters. The summed E-state index contributed by atoms with van der Waals surface area (Å²) in [5, 5.41) is 8.53. The lowest BCUT2D eigenvalue weighted by atomic mass is 10.3. The number of halogens is 2. The van der Waals surface area contributed by atoms with Crippen LogP contribution in [-0.4, -0.2) is 15.7 Å². The van der Waals surface area contributed by atoms with E-state index in [-0.39, 0.29) is 29.6 Å². The van der Waals surface area contributed by atoms with Gasteiger partial charge < -0.3 is 9.73 Å². The van der Waals surface area contributed by atoms with E-state index in [2.05, 4.69) is 10.4 Å². The van der Waals surface area contributed by atoms with Crippen LogP contribution in [0.25, 0.3) is 10.8 Å². The first-order valence-corrected chi connectivity index (χ1v) is 8.15. The van der Waals surface area contributed by atoms with Crippen LogP contribution in [-0.2, 0) is 11.3 Å². The van der Waals surface area contributed by atoms with Crippen molar-refractivity contribution in [2.24, 2.45) is 0 Å². The summed E-state index contributed by atoms with van der Waals surface area (Å²) in [6.07, 6.45) is -0.0572. The third-order valence-electron chi connectivity index (χ3n) is 3.09. The number of anilines is 1. The van der Waals surface area contributed by atoms with Crippen LogP contribution >= 0.6 is 22.9 Å². The summed E-state index contributed by atoms with van der Waals surface area (Å²) < 4.78 is 19.7. The predicted octanol–water partition coefficient (Wildman–Crippen LogP) is 3.39. The highest BCUT2D eigenvalue weighted by Gasteiger charge is 2.13. The second-order valence-electron chi connectivity index (χ2n) is 4.80. The smallest absolute Gasteiger partial charge is 0.387 e. The first-order chi connectivity index (χ1) is 11.5. The maximum atomic E-state index is 13.6. The third-order valence-corrected chi connectivity index (χ3v) is 4.19. The summed E-state index contributed by atoms with van der Waals surface area (Å²) in [6.45, 7) is 0.0226. The summed E-state index contributed by atoms with van der Waals surface area (Å²) in [7, 11) is 0. The van der Waals surface area contributed by atoms with E-state index in [9.17, 15) is 14.0 Å². The molecule has 0 unspecified atom stereocenters. The molecule has 2 heterocycles. The van der Waals surface area contributed by atoms with Crippen molar-refractivity contribution in [1.82, 2.24) is 9.78 Å². The largest absolute Gasteiger partial charge is 0.437 e. The van der Waals surface area contributed by atoms with E-state index in [1.165, 1.54) is 23.5 Å². The van der Waals surface area contributed by atoms with Crippen LogP contribution < -0.4 is 11.1 Å². The van der Waals surface area contributed by atoms with Crippen molar-refractivity contribution < 1.29 is 13.6 Å². The number of hydrogen-bond donors (Lipinski definition) is 1. The van der Waals surface area contributed by atoms with Gasteiger partial charge in [0.2, 0.25) is 5.91 Å². The van der Waals surface area contributed by atoms with Crippen molar-refractivity contribution in [1.29, 1.82) is 0 Å². The zero-order chi connectivity index (χ0) is 17.1. The minimum absolute atomic E-state index is 0.0226. The van der Waals surface area contributed by atoms with E-state index >= 15 is 0 Å². The normalized spacial score (nSPS) is 10.8. The topological polar surface area (TPSA) is 77.1 Å². The SMILES string of the molecule is O=C(CCn1nc(-c2cccs2)oc1=O)Nc1ccc(Cl)cc1F. The van der Waals surface area contributed by atoms with Gasteiger partial charge in [0.15, 0.2) is 0 Å². The highest BCUT2D eigenvalue weighted by Crippen LogP contribution is 2.21. The minimum atomic E-state index is -0.649. The molecule has 1 aromatic carbocycles. The van der Waals surface area contributed by atoms with Crippen molar-refractivity contribution >= 4 is 34.5 Å². The number of carbonyl (C=O) groups is 1. The van der Waals surface area contributed by atoms with Gasteiger partial charge >= 0.3 is 5.76 Å². The van der Waals surface area contributed by atoms with Gasteiger partial charge in [-0.1, -0.05) is 17.7 Å². The molecule has 0 aliphatic carbocycles. The second-order valence-corrected chi connectivity index (χ2v) is 6.18. The van der Waals surface area contributed by atoms with Crippen LogP contribution in [0.1, 0.15) is 6.42 Å². The number of aromatic nitrogens is 2. The third kappa shape index (κ3) is 3.72. The molecule has 1 N–H and O–H groups in total. The molecule has 0 saturated heterocycles. The molecule has 124 valence electrons. The Labute approximate surface area is 144 Å². The first kappa shape index (κ1) is 16.4. The summed E-state index contributed by atoms with van der Waals surface area (Å²) >= 11 is 7.03. The van der Waals surface area contributed by atoms with Crippen molar-refractivity contribution in [3.05, 3.63) is 57.1 Å². The van der Waals surface area contributed by atoms with E-state index < -0.39 is 17.5 Å². The lowest BCUT2D eigenvalue weighted by molar-refractivity contribution is -0.116. The number of hydrogen-bond acceptors (Lipinski definition) is 5. The fourth-order valence-electron chi connectivity index (χ4n) is 1.96. The van der Waals surface area contributed by atoms with Crippen LogP contribution in [0.2, 0.25) is 5.02 Å². The molecule has 3 aromatic rings. The number of rotatable bonds is 5. The van der Waals surface area contributed by atoms with Crippen LogP contribution in [0.3, 0.4) is 0 Å². The fraction of sp³-hybridized carbons (Fsp3) is 0.133. The highest BCUT2D eigenvalue weighted by molar-refractivity contribution is 7.13. The fourth-order valence-corrected chi connectivity index (χ4v) is 2.76. The zero-order valence-electron chi connectivity index (χ0n) is 12.2.